The summed E-state index contributed by atoms with van der Waals surface area (Å²) in [5.74, 6) is 2.27. The number of rotatable bonds is 4. The molecule has 188 valence electrons. The smallest absolute Gasteiger partial charge is 0.254 e. The first-order valence-corrected chi connectivity index (χ1v) is 12.0. The summed E-state index contributed by atoms with van der Waals surface area (Å²) in [6.45, 7) is 0.963. The van der Waals surface area contributed by atoms with Crippen molar-refractivity contribution in [3.05, 3.63) is 59.7 Å². The summed E-state index contributed by atoms with van der Waals surface area (Å²) < 4.78 is 17.5. The van der Waals surface area contributed by atoms with E-state index in [4.69, 9.17) is 14.2 Å². The highest BCUT2D eigenvalue weighted by molar-refractivity contribution is 6.03. The van der Waals surface area contributed by atoms with Gasteiger partial charge in [0.2, 0.25) is 0 Å². The number of ether oxygens (including phenoxy) is 3. The Morgan fingerprint density at radius 2 is 1.84 bits per heavy atom. The maximum absolute atomic E-state index is 13.5. The molecule has 1 fully saturated rings. The zero-order chi connectivity index (χ0) is 25.6. The van der Waals surface area contributed by atoms with E-state index in [1.54, 1.807) is 32.4 Å². The number of nitrogens with one attached hydrogen (secondary N) is 1. The summed E-state index contributed by atoms with van der Waals surface area (Å²) in [5.41, 5.74) is 1.15. The van der Waals surface area contributed by atoms with Crippen LogP contribution in [-0.2, 0) is 0 Å². The number of amides is 1. The lowest BCUT2D eigenvalue weighted by Gasteiger charge is -2.44. The van der Waals surface area contributed by atoms with Gasteiger partial charge in [-0.25, -0.2) is 5.10 Å². The van der Waals surface area contributed by atoms with E-state index in [1.807, 2.05) is 35.2 Å². The molecule has 0 radical (unpaired) electrons. The molecule has 1 aromatic heterocycles. The van der Waals surface area contributed by atoms with E-state index in [1.165, 1.54) is 0 Å². The normalized spacial score (nSPS) is 16.4. The minimum atomic E-state index is -0.625. The van der Waals surface area contributed by atoms with Crippen LogP contribution in [0.1, 0.15) is 40.0 Å². The van der Waals surface area contributed by atoms with Gasteiger partial charge in [-0.3, -0.25) is 9.59 Å². The minimum Gasteiger partial charge on any atom is -0.496 e. The number of H-pyrrole nitrogens is 1. The molecule has 37 heavy (non-hydrogen) atoms. The van der Waals surface area contributed by atoms with E-state index in [-0.39, 0.29) is 18.1 Å². The van der Waals surface area contributed by atoms with Crippen LogP contribution in [0.3, 0.4) is 0 Å². The predicted octanol–water partition coefficient (Wildman–Crippen LogP) is 3.68. The lowest BCUT2D eigenvalue weighted by Crippen LogP contribution is -2.52. The third-order valence-electron chi connectivity index (χ3n) is 7.27. The number of aromatic amines is 1. The Hall–Kier alpha value is -4.47. The van der Waals surface area contributed by atoms with Gasteiger partial charge in [0.1, 0.15) is 22.8 Å². The molecule has 1 spiro atoms. The van der Waals surface area contributed by atoms with E-state index in [9.17, 15) is 9.59 Å². The van der Waals surface area contributed by atoms with E-state index < -0.39 is 5.60 Å². The summed E-state index contributed by atoms with van der Waals surface area (Å²) in [6.07, 6.45) is 1.39. The SMILES string of the molecule is COc1cc(C(=O)N2CCC3(CC2)CC(=O)c2cc(-c4nnn[nH]4)ccc2O3)cc2c(OC)cccc12. The number of piperidine rings is 1. The lowest BCUT2D eigenvalue weighted by atomic mass is 9.82. The van der Waals surface area contributed by atoms with Crippen LogP contribution >= 0.6 is 0 Å². The van der Waals surface area contributed by atoms with Gasteiger partial charge in [0.25, 0.3) is 5.91 Å². The Morgan fingerprint density at radius 1 is 1.03 bits per heavy atom. The van der Waals surface area contributed by atoms with Crippen molar-refractivity contribution in [2.75, 3.05) is 27.3 Å². The van der Waals surface area contributed by atoms with Crippen molar-refractivity contribution in [1.82, 2.24) is 25.5 Å². The first-order valence-electron chi connectivity index (χ1n) is 12.0. The van der Waals surface area contributed by atoms with Gasteiger partial charge in [0.05, 0.1) is 26.2 Å². The molecular weight excluding hydrogens is 474 g/mol. The quantitative estimate of drug-likeness (QED) is 0.452. The van der Waals surface area contributed by atoms with Gasteiger partial charge in [-0.15, -0.1) is 5.10 Å². The van der Waals surface area contributed by atoms with Gasteiger partial charge < -0.3 is 19.1 Å². The fraction of sp³-hybridized carbons (Fsp3) is 0.296. The van der Waals surface area contributed by atoms with E-state index >= 15 is 0 Å². The summed E-state index contributed by atoms with van der Waals surface area (Å²) >= 11 is 0. The average Bonchev–Trinajstić information content (AvgIpc) is 3.47. The predicted molar refractivity (Wildman–Crippen MR) is 134 cm³/mol. The fourth-order valence-corrected chi connectivity index (χ4v) is 5.30. The molecule has 3 aromatic carbocycles. The Balaban J connectivity index is 1.21. The molecular formula is C27H25N5O5. The topological polar surface area (TPSA) is 120 Å². The second-order valence-electron chi connectivity index (χ2n) is 9.37. The number of carbonyl (C=O) groups excluding carboxylic acids is 2. The molecule has 3 heterocycles. The van der Waals surface area contributed by atoms with Gasteiger partial charge in [-0.2, -0.15) is 0 Å². The number of carbonyl (C=O) groups is 2. The highest BCUT2D eigenvalue weighted by Crippen LogP contribution is 2.41. The summed E-state index contributed by atoms with van der Waals surface area (Å²) in [6, 6.07) is 14.7. The molecule has 0 bridgehead atoms. The molecule has 10 heteroatoms. The maximum atomic E-state index is 13.5. The number of fused-ring (bicyclic) bond motifs is 2. The second kappa shape index (κ2) is 8.88. The van der Waals surface area contributed by atoms with Crippen LogP contribution in [0.4, 0.5) is 0 Å². The van der Waals surface area contributed by atoms with Gasteiger partial charge in [0, 0.05) is 47.8 Å². The lowest BCUT2D eigenvalue weighted by molar-refractivity contribution is -0.00570. The Kier molecular flexibility index (Phi) is 5.51. The zero-order valence-corrected chi connectivity index (χ0v) is 20.5. The van der Waals surface area contributed by atoms with Crippen molar-refractivity contribution in [1.29, 1.82) is 0 Å². The van der Waals surface area contributed by atoms with Crippen LogP contribution in [0, 0.1) is 0 Å². The molecule has 0 saturated carbocycles. The van der Waals surface area contributed by atoms with Crippen molar-refractivity contribution in [2.45, 2.75) is 24.9 Å². The maximum Gasteiger partial charge on any atom is 0.254 e. The molecule has 0 aliphatic carbocycles. The molecule has 0 unspecified atom stereocenters. The first-order chi connectivity index (χ1) is 18.0. The van der Waals surface area contributed by atoms with Crippen molar-refractivity contribution in [3.8, 4) is 28.6 Å². The highest BCUT2D eigenvalue weighted by atomic mass is 16.5. The van der Waals surface area contributed by atoms with Crippen LogP contribution in [0.2, 0.25) is 0 Å². The molecule has 0 atom stereocenters. The molecule has 1 amide bonds. The molecule has 4 aromatic rings. The third kappa shape index (κ3) is 3.94. The summed E-state index contributed by atoms with van der Waals surface area (Å²) in [5, 5.41) is 15.5. The first kappa shape index (κ1) is 23.0. The molecule has 6 rings (SSSR count). The van der Waals surface area contributed by atoms with E-state index in [0.29, 0.717) is 60.1 Å². The van der Waals surface area contributed by atoms with Crippen molar-refractivity contribution < 1.29 is 23.8 Å². The van der Waals surface area contributed by atoms with Crippen molar-refractivity contribution >= 4 is 22.5 Å². The molecule has 1 saturated heterocycles. The number of methoxy groups -OCH3 is 2. The molecule has 2 aliphatic rings. The summed E-state index contributed by atoms with van der Waals surface area (Å²) in [4.78, 5) is 28.4. The minimum absolute atomic E-state index is 0.0155. The number of hydrogen-bond acceptors (Lipinski definition) is 8. The standard InChI is InChI=1S/C27H25N5O5/c1-35-22-5-3-4-18-19(22)13-17(14-24(18)36-2)26(34)32-10-8-27(9-11-32)15-21(33)20-12-16(6-7-23(20)37-27)25-28-30-31-29-25/h3-7,12-14H,8-11,15H2,1-2H3,(H,28,29,30,31). The van der Waals surface area contributed by atoms with Crippen LogP contribution in [0.25, 0.3) is 22.2 Å². The zero-order valence-electron chi connectivity index (χ0n) is 20.5. The van der Waals surface area contributed by atoms with Crippen LogP contribution in [-0.4, -0.2) is 70.1 Å². The van der Waals surface area contributed by atoms with Gasteiger partial charge in [-0.05, 0) is 46.8 Å². The summed E-state index contributed by atoms with van der Waals surface area (Å²) in [7, 11) is 3.20. The number of tetrazole rings is 1. The molecule has 10 nitrogen and oxygen atoms in total. The monoisotopic (exact) mass is 499 g/mol. The van der Waals surface area contributed by atoms with Crippen LogP contribution in [0.15, 0.2) is 48.5 Å². The number of benzene rings is 3. The van der Waals surface area contributed by atoms with Crippen LogP contribution < -0.4 is 14.2 Å². The van der Waals surface area contributed by atoms with Gasteiger partial charge >= 0.3 is 0 Å². The third-order valence-corrected chi connectivity index (χ3v) is 7.27. The molecule has 1 N–H and O–H groups in total. The number of nitrogens with zero attached hydrogens (tertiary/aromatic N) is 4. The Bertz CT molecular complexity index is 1510. The number of likely N-dealkylation sites (tertiary alicyclic amines) is 1. The average molecular weight is 500 g/mol. The number of ketones is 1. The Labute approximate surface area is 212 Å². The van der Waals surface area contributed by atoms with Gasteiger partial charge in [0.15, 0.2) is 11.6 Å². The van der Waals surface area contributed by atoms with Crippen molar-refractivity contribution in [2.24, 2.45) is 0 Å². The number of hydrogen-bond donors (Lipinski definition) is 1. The Morgan fingerprint density at radius 3 is 2.57 bits per heavy atom. The number of aromatic nitrogens is 4. The highest BCUT2D eigenvalue weighted by Gasteiger charge is 2.44. The fourth-order valence-electron chi connectivity index (χ4n) is 5.30. The molecule has 2 aliphatic heterocycles. The van der Waals surface area contributed by atoms with E-state index in [0.717, 1.165) is 16.3 Å². The van der Waals surface area contributed by atoms with Crippen molar-refractivity contribution in [3.63, 3.8) is 0 Å². The van der Waals surface area contributed by atoms with E-state index in [2.05, 4.69) is 20.6 Å². The largest absolute Gasteiger partial charge is 0.496 e. The number of Topliss-reactive ketones (excluding diaryl/α,β-unsaturated/α-hetero) is 1. The second-order valence-corrected chi connectivity index (χ2v) is 9.37. The van der Waals surface area contributed by atoms with Crippen LogP contribution in [0.5, 0.6) is 17.2 Å². The van der Waals surface area contributed by atoms with Gasteiger partial charge in [-0.1, -0.05) is 12.1 Å².